The summed E-state index contributed by atoms with van der Waals surface area (Å²) in [6.07, 6.45) is 0.0928. The predicted octanol–water partition coefficient (Wildman–Crippen LogP) is 1.13. The Balaban J connectivity index is 2.30. The van der Waals surface area contributed by atoms with Crippen molar-refractivity contribution in [3.63, 3.8) is 0 Å². The number of carbonyl (C=O) groups excluding carboxylic acids is 2. The molecule has 0 saturated carbocycles. The third kappa shape index (κ3) is 2.30. The van der Waals surface area contributed by atoms with E-state index in [1.54, 1.807) is 25.1 Å². The molecule has 0 spiro atoms. The number of anilines is 1. The van der Waals surface area contributed by atoms with Crippen molar-refractivity contribution in [3.05, 3.63) is 23.8 Å². The molecule has 0 aromatic heterocycles. The van der Waals surface area contributed by atoms with E-state index in [4.69, 9.17) is 10.00 Å². The maximum Gasteiger partial charge on any atom is 0.252 e. The lowest BCUT2D eigenvalue weighted by atomic mass is 10.1. The van der Waals surface area contributed by atoms with Crippen LogP contribution in [0.4, 0.5) is 5.69 Å². The molecular weight excluding hydrogens is 258 g/mol. The molecule has 104 valence electrons. The molecule has 6 heteroatoms. The number of hydrogen-bond acceptors (Lipinski definition) is 5. The first-order valence-electron chi connectivity index (χ1n) is 6.30. The standard InChI is InChI=1S/C14H15N3O3/c1-3-17-12(18)7-10(14(17)19)16-13-9(8-15)5-4-6-11(13)20-2/h4-6,10,16H,3,7H2,1-2H3. The highest BCUT2D eigenvalue weighted by atomic mass is 16.5. The predicted molar refractivity (Wildman–Crippen MR) is 72.1 cm³/mol. The molecule has 2 amide bonds. The molecular formula is C14H15N3O3. The lowest BCUT2D eigenvalue weighted by Crippen LogP contribution is -2.34. The third-order valence-electron chi connectivity index (χ3n) is 3.25. The number of benzene rings is 1. The minimum Gasteiger partial charge on any atom is -0.495 e. The molecule has 1 aliphatic rings. The van der Waals surface area contributed by atoms with Crippen LogP contribution in [0.15, 0.2) is 18.2 Å². The largest absolute Gasteiger partial charge is 0.495 e. The SMILES string of the molecule is CCN1C(=O)CC(Nc2c(C#N)cccc2OC)C1=O. The van der Waals surface area contributed by atoms with Crippen molar-refractivity contribution in [2.24, 2.45) is 0 Å². The smallest absolute Gasteiger partial charge is 0.252 e. The summed E-state index contributed by atoms with van der Waals surface area (Å²) in [7, 11) is 1.49. The number of rotatable bonds is 4. The van der Waals surface area contributed by atoms with Gasteiger partial charge in [0.15, 0.2) is 0 Å². The number of amides is 2. The zero-order valence-corrected chi connectivity index (χ0v) is 11.3. The fourth-order valence-corrected chi connectivity index (χ4v) is 2.25. The van der Waals surface area contributed by atoms with Gasteiger partial charge in [-0.05, 0) is 19.1 Å². The van der Waals surface area contributed by atoms with Crippen LogP contribution in [0.3, 0.4) is 0 Å². The number of para-hydroxylation sites is 1. The molecule has 1 unspecified atom stereocenters. The van der Waals surface area contributed by atoms with Gasteiger partial charge < -0.3 is 10.1 Å². The summed E-state index contributed by atoms with van der Waals surface area (Å²) in [5.41, 5.74) is 0.821. The monoisotopic (exact) mass is 273 g/mol. The van der Waals surface area contributed by atoms with Crippen LogP contribution in [0.5, 0.6) is 5.75 Å². The maximum absolute atomic E-state index is 12.1. The fourth-order valence-electron chi connectivity index (χ4n) is 2.25. The Bertz CT molecular complexity index is 592. The first-order valence-corrected chi connectivity index (χ1v) is 6.30. The number of methoxy groups -OCH3 is 1. The molecule has 20 heavy (non-hydrogen) atoms. The molecule has 1 heterocycles. The summed E-state index contributed by atoms with van der Waals surface area (Å²) in [5.74, 6) is -0.00468. The molecule has 1 atom stereocenters. The summed E-state index contributed by atoms with van der Waals surface area (Å²) in [6, 6.07) is 6.42. The van der Waals surface area contributed by atoms with Gasteiger partial charge in [0.25, 0.3) is 5.91 Å². The van der Waals surface area contributed by atoms with Crippen molar-refractivity contribution in [1.29, 1.82) is 5.26 Å². The van der Waals surface area contributed by atoms with Crippen LogP contribution >= 0.6 is 0 Å². The van der Waals surface area contributed by atoms with Crippen LogP contribution in [-0.2, 0) is 9.59 Å². The van der Waals surface area contributed by atoms with Crippen LogP contribution in [0.25, 0.3) is 0 Å². The number of likely N-dealkylation sites (tertiary alicyclic amines) is 1. The molecule has 6 nitrogen and oxygen atoms in total. The summed E-state index contributed by atoms with van der Waals surface area (Å²) in [4.78, 5) is 25.0. The van der Waals surface area contributed by atoms with Crippen molar-refractivity contribution in [3.8, 4) is 11.8 Å². The van der Waals surface area contributed by atoms with Crippen molar-refractivity contribution in [2.75, 3.05) is 19.0 Å². The van der Waals surface area contributed by atoms with Gasteiger partial charge in [-0.15, -0.1) is 0 Å². The van der Waals surface area contributed by atoms with Crippen LogP contribution in [0.2, 0.25) is 0 Å². The van der Waals surface area contributed by atoms with Gasteiger partial charge in [0.2, 0.25) is 5.91 Å². The minimum absolute atomic E-state index is 0.0928. The highest BCUT2D eigenvalue weighted by Crippen LogP contribution is 2.30. The van der Waals surface area contributed by atoms with E-state index in [0.29, 0.717) is 23.5 Å². The number of hydrogen-bond donors (Lipinski definition) is 1. The number of nitrogens with zero attached hydrogens (tertiary/aromatic N) is 2. The summed E-state index contributed by atoms with van der Waals surface area (Å²) >= 11 is 0. The quantitative estimate of drug-likeness (QED) is 0.831. The van der Waals surface area contributed by atoms with Gasteiger partial charge in [-0.1, -0.05) is 6.07 Å². The number of ether oxygens (including phenoxy) is 1. The van der Waals surface area contributed by atoms with Gasteiger partial charge in [-0.3, -0.25) is 14.5 Å². The van der Waals surface area contributed by atoms with E-state index in [0.717, 1.165) is 0 Å². The Labute approximate surface area is 116 Å². The summed E-state index contributed by atoms with van der Waals surface area (Å²) in [6.45, 7) is 2.11. The van der Waals surface area contributed by atoms with E-state index in [9.17, 15) is 9.59 Å². The van der Waals surface area contributed by atoms with Crippen molar-refractivity contribution in [2.45, 2.75) is 19.4 Å². The number of imide groups is 1. The molecule has 1 saturated heterocycles. The van der Waals surface area contributed by atoms with E-state index in [1.165, 1.54) is 12.0 Å². The van der Waals surface area contributed by atoms with Gasteiger partial charge in [-0.2, -0.15) is 5.26 Å². The zero-order valence-electron chi connectivity index (χ0n) is 11.3. The van der Waals surface area contributed by atoms with E-state index < -0.39 is 6.04 Å². The van der Waals surface area contributed by atoms with Gasteiger partial charge in [0.1, 0.15) is 17.9 Å². The van der Waals surface area contributed by atoms with Crippen LogP contribution in [0, 0.1) is 11.3 Å². The second-order valence-electron chi connectivity index (χ2n) is 4.37. The highest BCUT2D eigenvalue weighted by Gasteiger charge is 2.38. The van der Waals surface area contributed by atoms with Crippen molar-refractivity contribution in [1.82, 2.24) is 4.90 Å². The normalized spacial score (nSPS) is 18.1. The van der Waals surface area contributed by atoms with Gasteiger partial charge in [0.05, 0.1) is 24.8 Å². The Hall–Kier alpha value is -2.55. The molecule has 0 radical (unpaired) electrons. The molecule has 2 rings (SSSR count). The highest BCUT2D eigenvalue weighted by molar-refractivity contribution is 6.07. The van der Waals surface area contributed by atoms with Crippen LogP contribution < -0.4 is 10.1 Å². The Kier molecular flexibility index (Phi) is 3.89. The lowest BCUT2D eigenvalue weighted by molar-refractivity contribution is -0.138. The molecule has 1 fully saturated rings. The van der Waals surface area contributed by atoms with Crippen molar-refractivity contribution >= 4 is 17.5 Å². The van der Waals surface area contributed by atoms with E-state index >= 15 is 0 Å². The number of nitrogens with one attached hydrogen (secondary N) is 1. The first kappa shape index (κ1) is 13.9. The molecule has 1 aliphatic heterocycles. The lowest BCUT2D eigenvalue weighted by Gasteiger charge is -2.17. The number of carbonyl (C=O) groups is 2. The number of nitriles is 1. The first-order chi connectivity index (χ1) is 9.62. The Morgan fingerprint density at radius 1 is 1.50 bits per heavy atom. The van der Waals surface area contributed by atoms with Gasteiger partial charge in [-0.25, -0.2) is 0 Å². The summed E-state index contributed by atoms with van der Waals surface area (Å²) in [5, 5.41) is 12.1. The van der Waals surface area contributed by atoms with Crippen LogP contribution in [0.1, 0.15) is 18.9 Å². The fraction of sp³-hybridized carbons (Fsp3) is 0.357. The van der Waals surface area contributed by atoms with Gasteiger partial charge >= 0.3 is 0 Å². The average molecular weight is 273 g/mol. The molecule has 1 aromatic carbocycles. The number of likely N-dealkylation sites (N-methyl/N-ethyl adjacent to an activating group) is 1. The van der Waals surface area contributed by atoms with E-state index in [2.05, 4.69) is 5.32 Å². The Morgan fingerprint density at radius 2 is 2.25 bits per heavy atom. The second kappa shape index (κ2) is 5.61. The molecule has 0 aliphatic carbocycles. The van der Waals surface area contributed by atoms with Crippen molar-refractivity contribution < 1.29 is 14.3 Å². The topological polar surface area (TPSA) is 82.4 Å². The second-order valence-corrected chi connectivity index (χ2v) is 4.37. The molecule has 1 N–H and O–H groups in total. The summed E-state index contributed by atoms with van der Waals surface area (Å²) < 4.78 is 5.19. The van der Waals surface area contributed by atoms with E-state index in [1.807, 2.05) is 6.07 Å². The van der Waals surface area contributed by atoms with Gasteiger partial charge in [0, 0.05) is 6.54 Å². The third-order valence-corrected chi connectivity index (χ3v) is 3.25. The Morgan fingerprint density at radius 3 is 2.80 bits per heavy atom. The maximum atomic E-state index is 12.1. The molecule has 1 aromatic rings. The average Bonchev–Trinajstić information content (AvgIpc) is 2.73. The van der Waals surface area contributed by atoms with E-state index in [-0.39, 0.29) is 18.2 Å². The minimum atomic E-state index is -0.647. The van der Waals surface area contributed by atoms with Crippen LogP contribution in [-0.4, -0.2) is 36.4 Å². The zero-order chi connectivity index (χ0) is 14.7. The molecule has 0 bridgehead atoms.